The Hall–Kier alpha value is -2.25. The van der Waals surface area contributed by atoms with E-state index in [4.69, 9.17) is 12.2 Å². The third-order valence-electron chi connectivity index (χ3n) is 3.57. The van der Waals surface area contributed by atoms with Crippen molar-refractivity contribution in [3.63, 3.8) is 0 Å². The van der Waals surface area contributed by atoms with E-state index in [0.29, 0.717) is 0 Å². The molecule has 0 amide bonds. The lowest BCUT2D eigenvalue weighted by atomic mass is 10.00. The highest BCUT2D eigenvalue weighted by atomic mass is 32.1. The molecule has 1 heteroatoms. The van der Waals surface area contributed by atoms with E-state index in [1.165, 1.54) is 16.7 Å². The van der Waals surface area contributed by atoms with E-state index < -0.39 is 0 Å². The fourth-order valence-electron chi connectivity index (χ4n) is 2.32. The molecule has 0 N–H and O–H groups in total. The first-order chi connectivity index (χ1) is 10.2. The maximum absolute atomic E-state index is 5.59. The number of rotatable bonds is 3. The molecular weight excluding hydrogens is 272 g/mol. The lowest BCUT2D eigenvalue weighted by Gasteiger charge is -2.07. The third-order valence-corrected chi connectivity index (χ3v) is 4.04. The quantitative estimate of drug-likeness (QED) is 0.457. The van der Waals surface area contributed by atoms with Gasteiger partial charge >= 0.3 is 0 Å². The zero-order valence-electron chi connectivity index (χ0n) is 11.9. The number of hydrogen-bond acceptors (Lipinski definition) is 1. The molecular formula is C20H16S. The Kier molecular flexibility index (Phi) is 3.94. The van der Waals surface area contributed by atoms with Crippen LogP contribution in [0.1, 0.15) is 16.7 Å². The van der Waals surface area contributed by atoms with Gasteiger partial charge in [-0.1, -0.05) is 96.6 Å². The molecule has 0 atom stereocenters. The maximum atomic E-state index is 5.59. The molecule has 0 aromatic heterocycles. The lowest BCUT2D eigenvalue weighted by Crippen LogP contribution is -1.99. The Morgan fingerprint density at radius 1 is 0.619 bits per heavy atom. The molecule has 0 bridgehead atoms. The molecule has 21 heavy (non-hydrogen) atoms. The number of aryl methyl sites for hydroxylation is 1. The predicted octanol–water partition coefficient (Wildman–Crippen LogP) is 5.43. The summed E-state index contributed by atoms with van der Waals surface area (Å²) in [6.45, 7) is 2.08. The van der Waals surface area contributed by atoms with Gasteiger partial charge in [-0.3, -0.25) is 0 Å². The molecule has 0 aliphatic rings. The Bertz CT molecular complexity index is 738. The fourth-order valence-corrected chi connectivity index (χ4v) is 2.59. The first-order valence-corrected chi connectivity index (χ1v) is 7.42. The van der Waals surface area contributed by atoms with Crippen molar-refractivity contribution in [3.8, 4) is 11.1 Å². The molecule has 0 unspecified atom stereocenters. The van der Waals surface area contributed by atoms with Gasteiger partial charge < -0.3 is 0 Å². The summed E-state index contributed by atoms with van der Waals surface area (Å²) in [7, 11) is 0. The van der Waals surface area contributed by atoms with E-state index in [2.05, 4.69) is 79.7 Å². The minimum Gasteiger partial charge on any atom is -0.0788 e. The van der Waals surface area contributed by atoms with Crippen LogP contribution < -0.4 is 0 Å². The summed E-state index contributed by atoms with van der Waals surface area (Å²) in [4.78, 5) is 0.898. The minimum absolute atomic E-state index is 0.898. The van der Waals surface area contributed by atoms with Crippen LogP contribution in [0.2, 0.25) is 0 Å². The van der Waals surface area contributed by atoms with Crippen molar-refractivity contribution in [2.75, 3.05) is 0 Å². The topological polar surface area (TPSA) is 0 Å². The largest absolute Gasteiger partial charge is 0.0788 e. The molecule has 0 saturated heterocycles. The Morgan fingerprint density at radius 2 is 1.10 bits per heavy atom. The highest BCUT2D eigenvalue weighted by molar-refractivity contribution is 7.81. The van der Waals surface area contributed by atoms with Crippen LogP contribution >= 0.6 is 12.2 Å². The van der Waals surface area contributed by atoms with Gasteiger partial charge in [0.2, 0.25) is 0 Å². The summed E-state index contributed by atoms with van der Waals surface area (Å²) in [6, 6.07) is 27.2. The zero-order chi connectivity index (χ0) is 14.7. The second-order valence-electron chi connectivity index (χ2n) is 5.14. The standard InChI is InChI=1S/C20H16S/c1-15-7-9-18(10-8-15)20(21)19-13-11-17(12-14-19)16-5-3-2-4-6-16/h2-14H,1H3. The van der Waals surface area contributed by atoms with Crippen molar-refractivity contribution in [1.29, 1.82) is 0 Å². The van der Waals surface area contributed by atoms with Crippen LogP contribution in [-0.2, 0) is 0 Å². The molecule has 3 aromatic rings. The first-order valence-electron chi connectivity index (χ1n) is 7.01. The van der Waals surface area contributed by atoms with Gasteiger partial charge in [0, 0.05) is 0 Å². The van der Waals surface area contributed by atoms with Crippen molar-refractivity contribution in [2.24, 2.45) is 0 Å². The van der Waals surface area contributed by atoms with E-state index >= 15 is 0 Å². The summed E-state index contributed by atoms with van der Waals surface area (Å²) >= 11 is 5.59. The van der Waals surface area contributed by atoms with Gasteiger partial charge in [-0.15, -0.1) is 0 Å². The fraction of sp³-hybridized carbons (Fsp3) is 0.0500. The molecule has 3 rings (SSSR count). The van der Waals surface area contributed by atoms with Gasteiger partial charge in [0.15, 0.2) is 0 Å². The van der Waals surface area contributed by atoms with E-state index in [1.54, 1.807) is 0 Å². The van der Waals surface area contributed by atoms with E-state index in [1.807, 2.05) is 6.07 Å². The first kappa shape index (κ1) is 13.7. The van der Waals surface area contributed by atoms with Crippen molar-refractivity contribution >= 4 is 17.1 Å². The van der Waals surface area contributed by atoms with Crippen LogP contribution in [0.3, 0.4) is 0 Å². The van der Waals surface area contributed by atoms with Crippen LogP contribution in [-0.4, -0.2) is 4.86 Å². The normalized spacial score (nSPS) is 10.3. The van der Waals surface area contributed by atoms with Gasteiger partial charge in [0.05, 0.1) is 4.86 Å². The van der Waals surface area contributed by atoms with Crippen LogP contribution in [0.25, 0.3) is 11.1 Å². The van der Waals surface area contributed by atoms with Crippen molar-refractivity contribution in [2.45, 2.75) is 6.92 Å². The van der Waals surface area contributed by atoms with Crippen LogP contribution in [0.4, 0.5) is 0 Å². The Labute approximate surface area is 131 Å². The van der Waals surface area contributed by atoms with Gasteiger partial charge in [0.25, 0.3) is 0 Å². The molecule has 0 radical (unpaired) electrons. The monoisotopic (exact) mass is 288 g/mol. The average Bonchev–Trinajstić information content (AvgIpc) is 2.56. The summed E-state index contributed by atoms with van der Waals surface area (Å²) < 4.78 is 0. The van der Waals surface area contributed by atoms with Crippen LogP contribution in [0, 0.1) is 6.92 Å². The molecule has 0 aliphatic heterocycles. The van der Waals surface area contributed by atoms with E-state index in [9.17, 15) is 0 Å². The molecule has 0 spiro atoms. The van der Waals surface area contributed by atoms with Crippen molar-refractivity contribution in [1.82, 2.24) is 0 Å². The smallest absolute Gasteiger partial charge is 0.0521 e. The number of thiocarbonyl (C=S) groups is 1. The maximum Gasteiger partial charge on any atom is 0.0521 e. The van der Waals surface area contributed by atoms with Crippen LogP contribution in [0.15, 0.2) is 78.9 Å². The van der Waals surface area contributed by atoms with Gasteiger partial charge in [0.1, 0.15) is 0 Å². The zero-order valence-corrected chi connectivity index (χ0v) is 12.7. The SMILES string of the molecule is Cc1ccc(C(=S)c2ccc(-c3ccccc3)cc2)cc1. The summed E-state index contributed by atoms with van der Waals surface area (Å²) in [6.07, 6.45) is 0. The van der Waals surface area contributed by atoms with Crippen molar-refractivity contribution < 1.29 is 0 Å². The van der Waals surface area contributed by atoms with Gasteiger partial charge in [-0.2, -0.15) is 0 Å². The van der Waals surface area contributed by atoms with Crippen molar-refractivity contribution in [3.05, 3.63) is 95.6 Å². The summed E-state index contributed by atoms with van der Waals surface area (Å²) in [5.41, 5.74) is 5.88. The number of hydrogen-bond donors (Lipinski definition) is 0. The van der Waals surface area contributed by atoms with E-state index in [-0.39, 0.29) is 0 Å². The number of benzene rings is 3. The highest BCUT2D eigenvalue weighted by Gasteiger charge is 2.05. The van der Waals surface area contributed by atoms with E-state index in [0.717, 1.165) is 16.0 Å². The highest BCUT2D eigenvalue weighted by Crippen LogP contribution is 2.21. The van der Waals surface area contributed by atoms with Crippen LogP contribution in [0.5, 0.6) is 0 Å². The molecule has 102 valence electrons. The third kappa shape index (κ3) is 3.09. The van der Waals surface area contributed by atoms with Gasteiger partial charge in [-0.05, 0) is 29.2 Å². The predicted molar refractivity (Wildman–Crippen MR) is 93.9 cm³/mol. The molecule has 0 fully saturated rings. The lowest BCUT2D eigenvalue weighted by molar-refractivity contribution is 1.46. The molecule has 0 saturated carbocycles. The Morgan fingerprint density at radius 3 is 1.67 bits per heavy atom. The Balaban J connectivity index is 1.87. The molecule has 3 aromatic carbocycles. The molecule has 0 aliphatic carbocycles. The summed E-state index contributed by atoms with van der Waals surface area (Å²) in [5, 5.41) is 0. The molecule has 0 heterocycles. The average molecular weight is 288 g/mol. The second kappa shape index (κ2) is 6.02. The molecule has 0 nitrogen and oxygen atoms in total. The van der Waals surface area contributed by atoms with Gasteiger partial charge in [-0.25, -0.2) is 0 Å². The summed E-state index contributed by atoms with van der Waals surface area (Å²) in [5.74, 6) is 0. The minimum atomic E-state index is 0.898. The second-order valence-corrected chi connectivity index (χ2v) is 5.55.